The van der Waals surface area contributed by atoms with E-state index in [2.05, 4.69) is 10.5 Å². The summed E-state index contributed by atoms with van der Waals surface area (Å²) in [6.07, 6.45) is 1.59. The van der Waals surface area contributed by atoms with Crippen molar-refractivity contribution >= 4 is 29.2 Å². The number of benzene rings is 3. The Morgan fingerprint density at radius 3 is 2.55 bits per heavy atom. The molecule has 0 heterocycles. The van der Waals surface area contributed by atoms with Crippen molar-refractivity contribution in [2.24, 2.45) is 5.10 Å². The van der Waals surface area contributed by atoms with Crippen molar-refractivity contribution < 1.29 is 14.4 Å². The fourth-order valence-electron chi connectivity index (χ4n) is 2.55. The monoisotopic (exact) mass is 411 g/mol. The maximum atomic E-state index is 10.7. The van der Waals surface area contributed by atoms with E-state index in [0.717, 1.165) is 5.56 Å². The van der Waals surface area contributed by atoms with Crippen molar-refractivity contribution in [1.82, 2.24) is 0 Å². The molecule has 0 bridgehead atoms. The van der Waals surface area contributed by atoms with E-state index in [1.807, 2.05) is 30.3 Å². The minimum atomic E-state index is -0.452. The minimum Gasteiger partial charge on any atom is -0.493 e. The largest absolute Gasteiger partial charge is 0.493 e. The highest BCUT2D eigenvalue weighted by molar-refractivity contribution is 6.31. The number of hydrogen-bond donors (Lipinski definition) is 1. The van der Waals surface area contributed by atoms with E-state index < -0.39 is 4.92 Å². The molecule has 0 saturated carbocycles. The summed E-state index contributed by atoms with van der Waals surface area (Å²) in [4.78, 5) is 10.3. The van der Waals surface area contributed by atoms with Gasteiger partial charge in [0.25, 0.3) is 5.69 Å². The van der Waals surface area contributed by atoms with E-state index in [4.69, 9.17) is 21.1 Å². The number of nitrogens with zero attached hydrogens (tertiary/aromatic N) is 2. The molecule has 29 heavy (non-hydrogen) atoms. The van der Waals surface area contributed by atoms with Gasteiger partial charge in [0.1, 0.15) is 6.61 Å². The van der Waals surface area contributed by atoms with Crippen LogP contribution in [0.15, 0.2) is 71.8 Å². The van der Waals surface area contributed by atoms with Crippen LogP contribution in [-0.4, -0.2) is 18.2 Å². The van der Waals surface area contributed by atoms with Gasteiger partial charge in [-0.2, -0.15) is 5.10 Å². The van der Waals surface area contributed by atoms with Crippen LogP contribution >= 0.6 is 11.6 Å². The normalized spacial score (nSPS) is 10.7. The first-order valence-electron chi connectivity index (χ1n) is 8.65. The van der Waals surface area contributed by atoms with Crippen molar-refractivity contribution in [1.29, 1.82) is 0 Å². The van der Waals surface area contributed by atoms with Gasteiger partial charge >= 0.3 is 0 Å². The second-order valence-electron chi connectivity index (χ2n) is 5.93. The number of nitrogens with one attached hydrogen (secondary N) is 1. The highest BCUT2D eigenvalue weighted by Crippen LogP contribution is 2.31. The number of nitro benzene ring substituents is 1. The van der Waals surface area contributed by atoms with Crippen LogP contribution in [0.1, 0.15) is 11.1 Å². The number of nitro groups is 1. The first-order chi connectivity index (χ1) is 14.1. The number of anilines is 1. The molecule has 0 aliphatic carbocycles. The first-order valence-corrected chi connectivity index (χ1v) is 9.03. The van der Waals surface area contributed by atoms with Crippen LogP contribution in [-0.2, 0) is 6.61 Å². The summed E-state index contributed by atoms with van der Waals surface area (Å²) in [5.41, 5.74) is 5.02. The Bertz CT molecular complexity index is 1020. The van der Waals surface area contributed by atoms with Gasteiger partial charge in [-0.1, -0.05) is 35.9 Å². The second kappa shape index (κ2) is 9.57. The molecule has 148 valence electrons. The number of rotatable bonds is 8. The highest BCUT2D eigenvalue weighted by Gasteiger charge is 2.11. The van der Waals surface area contributed by atoms with E-state index in [9.17, 15) is 10.1 Å². The molecular formula is C21H18ClN3O4. The van der Waals surface area contributed by atoms with Gasteiger partial charge in [0.05, 0.1) is 23.9 Å². The van der Waals surface area contributed by atoms with Crippen LogP contribution in [0.25, 0.3) is 0 Å². The third-order valence-corrected chi connectivity index (χ3v) is 4.40. The summed E-state index contributed by atoms with van der Waals surface area (Å²) in [6, 6.07) is 18.9. The molecule has 3 aromatic carbocycles. The molecule has 0 amide bonds. The average Bonchev–Trinajstić information content (AvgIpc) is 2.74. The number of para-hydroxylation sites is 1. The molecule has 3 aromatic rings. The summed E-state index contributed by atoms with van der Waals surface area (Å²) >= 11 is 6.20. The second-order valence-corrected chi connectivity index (χ2v) is 6.34. The quantitative estimate of drug-likeness (QED) is 0.309. The molecule has 0 saturated heterocycles. The number of halogens is 1. The van der Waals surface area contributed by atoms with E-state index >= 15 is 0 Å². The molecule has 0 atom stereocenters. The molecule has 0 aliphatic heterocycles. The molecule has 0 spiro atoms. The minimum absolute atomic E-state index is 0.0163. The summed E-state index contributed by atoms with van der Waals surface area (Å²) in [7, 11) is 1.56. The van der Waals surface area contributed by atoms with Gasteiger partial charge in [0.2, 0.25) is 0 Å². The number of hydrogen-bond acceptors (Lipinski definition) is 6. The third kappa shape index (κ3) is 5.24. The molecule has 7 nitrogen and oxygen atoms in total. The van der Waals surface area contributed by atoms with Gasteiger partial charge in [-0.15, -0.1) is 0 Å². The van der Waals surface area contributed by atoms with Crippen molar-refractivity contribution in [2.75, 3.05) is 12.5 Å². The fraction of sp³-hybridized carbons (Fsp3) is 0.0952. The van der Waals surface area contributed by atoms with Crippen LogP contribution < -0.4 is 14.9 Å². The number of ether oxygens (including phenoxy) is 2. The van der Waals surface area contributed by atoms with Crippen molar-refractivity contribution in [3.8, 4) is 11.5 Å². The van der Waals surface area contributed by atoms with E-state index in [0.29, 0.717) is 27.8 Å². The molecule has 0 radical (unpaired) electrons. The lowest BCUT2D eigenvalue weighted by Gasteiger charge is -2.14. The summed E-state index contributed by atoms with van der Waals surface area (Å²) in [6.45, 7) is 0.274. The van der Waals surface area contributed by atoms with E-state index in [1.54, 1.807) is 37.6 Å². The van der Waals surface area contributed by atoms with Crippen LogP contribution in [0.2, 0.25) is 5.02 Å². The molecule has 0 unspecified atom stereocenters. The highest BCUT2D eigenvalue weighted by atomic mass is 35.5. The first kappa shape index (κ1) is 20.2. The van der Waals surface area contributed by atoms with Gasteiger partial charge in [-0.3, -0.25) is 15.5 Å². The molecule has 0 aliphatic rings. The number of methoxy groups -OCH3 is 1. The SMILES string of the molecule is COc1cccc(C=NNc2ccc([N+](=O)[O-])cc2)c1OCc1ccccc1Cl. The Kier molecular flexibility index (Phi) is 6.65. The van der Waals surface area contributed by atoms with Crippen LogP contribution in [0, 0.1) is 10.1 Å². The maximum Gasteiger partial charge on any atom is 0.269 e. The predicted molar refractivity (Wildman–Crippen MR) is 113 cm³/mol. The van der Waals surface area contributed by atoms with Crippen LogP contribution in [0.3, 0.4) is 0 Å². The van der Waals surface area contributed by atoms with Crippen molar-refractivity contribution in [3.05, 3.63) is 93.0 Å². The Morgan fingerprint density at radius 1 is 1.10 bits per heavy atom. The molecule has 3 rings (SSSR count). The standard InChI is InChI=1S/C21H18ClN3O4/c1-28-20-8-4-6-15(21(20)29-14-16-5-2-3-7-19(16)22)13-23-24-17-9-11-18(12-10-17)25(26)27/h2-13,24H,14H2,1H3. The lowest BCUT2D eigenvalue weighted by Crippen LogP contribution is -2.02. The zero-order chi connectivity index (χ0) is 20.6. The summed E-state index contributed by atoms with van der Waals surface area (Å²) in [5.74, 6) is 1.10. The fourth-order valence-corrected chi connectivity index (χ4v) is 2.74. The van der Waals surface area contributed by atoms with Gasteiger partial charge in [-0.05, 0) is 30.3 Å². The van der Waals surface area contributed by atoms with Crippen molar-refractivity contribution in [3.63, 3.8) is 0 Å². The third-order valence-electron chi connectivity index (χ3n) is 4.03. The Balaban J connectivity index is 1.75. The van der Waals surface area contributed by atoms with Gasteiger partial charge in [-0.25, -0.2) is 0 Å². The summed E-state index contributed by atoms with van der Waals surface area (Å²) in [5, 5.41) is 15.5. The topological polar surface area (TPSA) is 86.0 Å². The summed E-state index contributed by atoms with van der Waals surface area (Å²) < 4.78 is 11.4. The lowest BCUT2D eigenvalue weighted by atomic mass is 10.2. The average molecular weight is 412 g/mol. The smallest absolute Gasteiger partial charge is 0.269 e. The molecule has 1 N–H and O–H groups in total. The molecular weight excluding hydrogens is 394 g/mol. The van der Waals surface area contributed by atoms with Gasteiger partial charge < -0.3 is 9.47 Å². The maximum absolute atomic E-state index is 10.7. The van der Waals surface area contributed by atoms with Crippen molar-refractivity contribution in [2.45, 2.75) is 6.61 Å². The van der Waals surface area contributed by atoms with Gasteiger partial charge in [0.15, 0.2) is 11.5 Å². The van der Waals surface area contributed by atoms with Crippen LogP contribution in [0.5, 0.6) is 11.5 Å². The zero-order valence-electron chi connectivity index (χ0n) is 15.5. The Labute approximate surface area is 172 Å². The Hall–Kier alpha value is -3.58. The number of non-ortho nitro benzene ring substituents is 1. The Morgan fingerprint density at radius 2 is 1.86 bits per heavy atom. The number of hydrazone groups is 1. The molecule has 8 heteroatoms. The molecule has 0 fully saturated rings. The molecule has 0 aromatic heterocycles. The van der Waals surface area contributed by atoms with Gasteiger partial charge in [0, 0.05) is 28.3 Å². The van der Waals surface area contributed by atoms with E-state index in [1.165, 1.54) is 12.1 Å². The van der Waals surface area contributed by atoms with E-state index in [-0.39, 0.29) is 12.3 Å². The zero-order valence-corrected chi connectivity index (χ0v) is 16.3. The van der Waals surface area contributed by atoms with Crippen LogP contribution in [0.4, 0.5) is 11.4 Å². The predicted octanol–water partition coefficient (Wildman–Crippen LogP) is 5.28. The lowest BCUT2D eigenvalue weighted by molar-refractivity contribution is -0.384.